The van der Waals surface area contributed by atoms with Crippen LogP contribution in [-0.2, 0) is 17.6 Å². The first kappa shape index (κ1) is 11.7. The minimum atomic E-state index is -0.788. The lowest BCUT2D eigenvalue weighted by molar-refractivity contribution is -0.146. The Morgan fingerprint density at radius 3 is 2.53 bits per heavy atom. The van der Waals surface area contributed by atoms with Gasteiger partial charge in [-0.1, -0.05) is 13.0 Å². The van der Waals surface area contributed by atoms with E-state index in [0.717, 1.165) is 12.1 Å². The van der Waals surface area contributed by atoms with Crippen molar-refractivity contribution >= 4 is 5.97 Å². The summed E-state index contributed by atoms with van der Waals surface area (Å²) in [5.41, 5.74) is 1.26. The van der Waals surface area contributed by atoms with Crippen molar-refractivity contribution in [2.45, 2.75) is 33.6 Å². The van der Waals surface area contributed by atoms with Crippen LogP contribution in [0.25, 0.3) is 0 Å². The van der Waals surface area contributed by atoms with Crippen molar-refractivity contribution in [2.24, 2.45) is 5.41 Å². The van der Waals surface area contributed by atoms with Crippen molar-refractivity contribution in [2.75, 3.05) is 0 Å². The molecule has 0 fully saturated rings. The second-order valence-corrected chi connectivity index (χ2v) is 4.38. The van der Waals surface area contributed by atoms with Crippen molar-refractivity contribution in [1.29, 1.82) is 0 Å². The molecule has 0 atom stereocenters. The average molecular weight is 207 g/mol. The first-order chi connectivity index (χ1) is 6.95. The maximum atomic E-state index is 10.9. The number of carbonyl (C=O) groups is 1. The molecule has 0 aliphatic carbocycles. The Bertz CT molecular complexity index is 341. The number of aromatic nitrogens is 1. The molecule has 1 heterocycles. The SMILES string of the molecule is CCc1ccc(CC(C)(C)C(=O)O)nc1. The quantitative estimate of drug-likeness (QED) is 0.824. The van der Waals surface area contributed by atoms with Crippen molar-refractivity contribution in [3.05, 3.63) is 29.6 Å². The third-order valence-corrected chi connectivity index (χ3v) is 2.50. The maximum absolute atomic E-state index is 10.9. The Balaban J connectivity index is 2.77. The predicted molar refractivity (Wildman–Crippen MR) is 58.7 cm³/mol. The highest BCUT2D eigenvalue weighted by atomic mass is 16.4. The Morgan fingerprint density at radius 1 is 1.47 bits per heavy atom. The molecular formula is C12H17NO2. The summed E-state index contributed by atoms with van der Waals surface area (Å²) in [5.74, 6) is -0.788. The Kier molecular flexibility index (Phi) is 3.45. The second-order valence-electron chi connectivity index (χ2n) is 4.38. The minimum absolute atomic E-state index is 0.465. The molecule has 0 aromatic carbocycles. The van der Waals surface area contributed by atoms with Gasteiger partial charge < -0.3 is 5.11 Å². The van der Waals surface area contributed by atoms with Gasteiger partial charge in [-0.15, -0.1) is 0 Å². The smallest absolute Gasteiger partial charge is 0.309 e. The number of hydrogen-bond donors (Lipinski definition) is 1. The van der Waals surface area contributed by atoms with Gasteiger partial charge in [0, 0.05) is 18.3 Å². The van der Waals surface area contributed by atoms with Crippen molar-refractivity contribution in [3.63, 3.8) is 0 Å². The van der Waals surface area contributed by atoms with Crippen LogP contribution in [0, 0.1) is 5.41 Å². The van der Waals surface area contributed by atoms with Crippen molar-refractivity contribution in [3.8, 4) is 0 Å². The Labute approximate surface area is 90.2 Å². The van der Waals surface area contributed by atoms with E-state index in [1.165, 1.54) is 5.56 Å². The zero-order chi connectivity index (χ0) is 11.5. The van der Waals surface area contributed by atoms with Crippen LogP contribution in [0.5, 0.6) is 0 Å². The van der Waals surface area contributed by atoms with Crippen LogP contribution in [0.1, 0.15) is 32.0 Å². The zero-order valence-corrected chi connectivity index (χ0v) is 9.45. The number of aliphatic carboxylic acids is 1. The number of pyridine rings is 1. The molecule has 0 bridgehead atoms. The van der Waals surface area contributed by atoms with Gasteiger partial charge in [0.05, 0.1) is 5.41 Å². The molecule has 0 amide bonds. The third-order valence-electron chi connectivity index (χ3n) is 2.50. The zero-order valence-electron chi connectivity index (χ0n) is 9.45. The molecule has 3 nitrogen and oxygen atoms in total. The van der Waals surface area contributed by atoms with Crippen LogP contribution < -0.4 is 0 Å². The second kappa shape index (κ2) is 4.43. The van der Waals surface area contributed by atoms with E-state index >= 15 is 0 Å². The molecule has 82 valence electrons. The van der Waals surface area contributed by atoms with E-state index in [9.17, 15) is 4.79 Å². The molecule has 0 saturated heterocycles. The molecule has 1 rings (SSSR count). The fourth-order valence-electron chi connectivity index (χ4n) is 1.30. The van der Waals surface area contributed by atoms with Gasteiger partial charge in [0.15, 0.2) is 0 Å². The van der Waals surface area contributed by atoms with E-state index < -0.39 is 11.4 Å². The molecule has 1 aromatic heterocycles. The average Bonchev–Trinajstić information content (AvgIpc) is 2.18. The minimum Gasteiger partial charge on any atom is -0.481 e. The van der Waals surface area contributed by atoms with Gasteiger partial charge in [-0.25, -0.2) is 0 Å². The van der Waals surface area contributed by atoms with E-state index in [-0.39, 0.29) is 0 Å². The summed E-state index contributed by atoms with van der Waals surface area (Å²) in [5, 5.41) is 8.98. The normalized spacial score (nSPS) is 11.4. The highest BCUT2D eigenvalue weighted by Crippen LogP contribution is 2.20. The Morgan fingerprint density at radius 2 is 2.13 bits per heavy atom. The summed E-state index contributed by atoms with van der Waals surface area (Å²) in [6.07, 6.45) is 3.23. The van der Waals surface area contributed by atoms with E-state index in [4.69, 9.17) is 5.11 Å². The third kappa shape index (κ3) is 3.05. The molecule has 1 N–H and O–H groups in total. The Hall–Kier alpha value is -1.38. The van der Waals surface area contributed by atoms with Crippen LogP contribution in [0.3, 0.4) is 0 Å². The van der Waals surface area contributed by atoms with Gasteiger partial charge in [-0.05, 0) is 31.9 Å². The lowest BCUT2D eigenvalue weighted by atomic mass is 9.88. The van der Waals surface area contributed by atoms with Crippen LogP contribution in [0.2, 0.25) is 0 Å². The predicted octanol–water partition coefficient (Wildman–Crippen LogP) is 2.30. The van der Waals surface area contributed by atoms with E-state index in [0.29, 0.717) is 6.42 Å². The lowest BCUT2D eigenvalue weighted by Crippen LogP contribution is -2.26. The van der Waals surface area contributed by atoms with Gasteiger partial charge >= 0.3 is 5.97 Å². The van der Waals surface area contributed by atoms with Gasteiger partial charge in [0.1, 0.15) is 0 Å². The summed E-state index contributed by atoms with van der Waals surface area (Å²) in [6.45, 7) is 5.49. The molecule has 0 aliphatic rings. The number of hydrogen-bond acceptors (Lipinski definition) is 2. The lowest BCUT2D eigenvalue weighted by Gasteiger charge is -2.18. The van der Waals surface area contributed by atoms with Crippen LogP contribution in [-0.4, -0.2) is 16.1 Å². The number of carboxylic acid groups (broad SMARTS) is 1. The first-order valence-corrected chi connectivity index (χ1v) is 5.13. The molecule has 0 aliphatic heterocycles. The van der Waals surface area contributed by atoms with Gasteiger partial charge in [-0.2, -0.15) is 0 Å². The molecule has 0 radical (unpaired) electrons. The highest BCUT2D eigenvalue weighted by molar-refractivity contribution is 5.73. The summed E-state index contributed by atoms with van der Waals surface area (Å²) < 4.78 is 0. The molecule has 3 heteroatoms. The van der Waals surface area contributed by atoms with Gasteiger partial charge in [0.2, 0.25) is 0 Å². The van der Waals surface area contributed by atoms with E-state index in [1.807, 2.05) is 18.3 Å². The molecule has 0 spiro atoms. The summed E-state index contributed by atoms with van der Waals surface area (Å²) in [7, 11) is 0. The van der Waals surface area contributed by atoms with Gasteiger partial charge in [0.25, 0.3) is 0 Å². The highest BCUT2D eigenvalue weighted by Gasteiger charge is 2.27. The molecule has 0 saturated carbocycles. The van der Waals surface area contributed by atoms with E-state index in [2.05, 4.69) is 11.9 Å². The van der Waals surface area contributed by atoms with Crippen LogP contribution >= 0.6 is 0 Å². The van der Waals surface area contributed by atoms with Gasteiger partial charge in [-0.3, -0.25) is 9.78 Å². The molecule has 0 unspecified atom stereocenters. The van der Waals surface area contributed by atoms with Crippen LogP contribution in [0.4, 0.5) is 0 Å². The molecular weight excluding hydrogens is 190 g/mol. The number of nitrogens with zero attached hydrogens (tertiary/aromatic N) is 1. The number of aryl methyl sites for hydroxylation is 1. The first-order valence-electron chi connectivity index (χ1n) is 5.13. The van der Waals surface area contributed by atoms with E-state index in [1.54, 1.807) is 13.8 Å². The fourth-order valence-corrected chi connectivity index (χ4v) is 1.30. The largest absolute Gasteiger partial charge is 0.481 e. The monoisotopic (exact) mass is 207 g/mol. The topological polar surface area (TPSA) is 50.2 Å². The van der Waals surface area contributed by atoms with Crippen LogP contribution in [0.15, 0.2) is 18.3 Å². The number of rotatable bonds is 4. The van der Waals surface area contributed by atoms with Crippen molar-refractivity contribution in [1.82, 2.24) is 4.98 Å². The number of carboxylic acids is 1. The maximum Gasteiger partial charge on any atom is 0.309 e. The molecule has 15 heavy (non-hydrogen) atoms. The standard InChI is InChI=1S/C12H17NO2/c1-4-9-5-6-10(13-8-9)7-12(2,3)11(14)15/h5-6,8H,4,7H2,1-3H3,(H,14,15). The summed E-state index contributed by atoms with van der Waals surface area (Å²) in [4.78, 5) is 15.2. The summed E-state index contributed by atoms with van der Waals surface area (Å²) >= 11 is 0. The van der Waals surface area contributed by atoms with Crippen molar-refractivity contribution < 1.29 is 9.90 Å². The molecule has 1 aromatic rings. The fraction of sp³-hybridized carbons (Fsp3) is 0.500. The summed E-state index contributed by atoms with van der Waals surface area (Å²) in [6, 6.07) is 3.91.